The third-order valence-electron chi connectivity index (χ3n) is 4.58. The number of amides is 2. The summed E-state index contributed by atoms with van der Waals surface area (Å²) in [6, 6.07) is 11.3. The molecule has 3 rings (SSSR count). The van der Waals surface area contributed by atoms with Gasteiger partial charge in [-0.15, -0.1) is 0 Å². The minimum Gasteiger partial charge on any atom is -0.444 e. The second-order valence-electron chi connectivity index (χ2n) is 7.94. The van der Waals surface area contributed by atoms with Crippen molar-refractivity contribution in [3.05, 3.63) is 54.4 Å². The number of benzene rings is 1. The standard InChI is InChI=1S/C22H27N3O3/c1-22(2,3)28-21(27)24-19-12-6-7-14-25(19)20(26)18-11-5-4-10-17(18)16-9-8-13-23-15-16/h4-5,8-11,13,15,19H,6-7,12,14H2,1-3H3,(H,24,27). The molecule has 1 aromatic heterocycles. The predicted octanol–water partition coefficient (Wildman–Crippen LogP) is 4.23. The van der Waals surface area contributed by atoms with Gasteiger partial charge in [0.1, 0.15) is 11.8 Å². The van der Waals surface area contributed by atoms with Crippen LogP contribution in [0.2, 0.25) is 0 Å². The van der Waals surface area contributed by atoms with Crippen LogP contribution in [0.5, 0.6) is 0 Å². The molecule has 1 aliphatic heterocycles. The zero-order chi connectivity index (χ0) is 20.1. The largest absolute Gasteiger partial charge is 0.444 e. The first kappa shape index (κ1) is 19.9. The van der Waals surface area contributed by atoms with Crippen molar-refractivity contribution in [2.45, 2.75) is 51.8 Å². The van der Waals surface area contributed by atoms with Gasteiger partial charge in [-0.1, -0.05) is 24.3 Å². The molecule has 1 unspecified atom stereocenters. The molecule has 0 saturated carbocycles. The lowest BCUT2D eigenvalue weighted by Gasteiger charge is -2.36. The molecule has 0 bridgehead atoms. The Bertz CT molecular complexity index is 830. The highest BCUT2D eigenvalue weighted by atomic mass is 16.6. The summed E-state index contributed by atoms with van der Waals surface area (Å²) >= 11 is 0. The number of carbonyl (C=O) groups excluding carboxylic acids is 2. The van der Waals surface area contributed by atoms with Gasteiger partial charge in [-0.25, -0.2) is 4.79 Å². The summed E-state index contributed by atoms with van der Waals surface area (Å²) < 4.78 is 5.37. The molecule has 6 nitrogen and oxygen atoms in total. The lowest BCUT2D eigenvalue weighted by Crippen LogP contribution is -2.54. The highest BCUT2D eigenvalue weighted by Crippen LogP contribution is 2.26. The maximum absolute atomic E-state index is 13.4. The minimum atomic E-state index is -0.583. The van der Waals surface area contributed by atoms with Crippen molar-refractivity contribution in [1.29, 1.82) is 0 Å². The first-order valence-electron chi connectivity index (χ1n) is 9.65. The lowest BCUT2D eigenvalue weighted by molar-refractivity contribution is 0.0340. The molecule has 1 N–H and O–H groups in total. The first-order valence-corrected chi connectivity index (χ1v) is 9.65. The maximum Gasteiger partial charge on any atom is 0.409 e. The second-order valence-corrected chi connectivity index (χ2v) is 7.94. The molecule has 1 saturated heterocycles. The van der Waals surface area contributed by atoms with E-state index in [1.165, 1.54) is 0 Å². The van der Waals surface area contributed by atoms with E-state index >= 15 is 0 Å². The number of likely N-dealkylation sites (tertiary alicyclic amines) is 1. The Kier molecular flexibility index (Phi) is 5.97. The molecule has 1 aliphatic rings. The summed E-state index contributed by atoms with van der Waals surface area (Å²) in [7, 11) is 0. The molecule has 1 aromatic carbocycles. The molecule has 2 heterocycles. The molecule has 2 aromatic rings. The van der Waals surface area contributed by atoms with Crippen LogP contribution in [0.4, 0.5) is 4.79 Å². The average molecular weight is 381 g/mol. The van der Waals surface area contributed by atoms with Gasteiger partial charge in [0.25, 0.3) is 5.91 Å². The van der Waals surface area contributed by atoms with E-state index < -0.39 is 11.7 Å². The maximum atomic E-state index is 13.4. The van der Waals surface area contributed by atoms with Crippen molar-refractivity contribution in [2.75, 3.05) is 6.54 Å². The molecule has 28 heavy (non-hydrogen) atoms. The number of hydrogen-bond donors (Lipinski definition) is 1. The van der Waals surface area contributed by atoms with E-state index in [0.29, 0.717) is 18.5 Å². The van der Waals surface area contributed by atoms with Crippen molar-refractivity contribution < 1.29 is 14.3 Å². The highest BCUT2D eigenvalue weighted by Gasteiger charge is 2.31. The van der Waals surface area contributed by atoms with Crippen LogP contribution < -0.4 is 5.32 Å². The van der Waals surface area contributed by atoms with Crippen molar-refractivity contribution in [3.63, 3.8) is 0 Å². The van der Waals surface area contributed by atoms with Crippen molar-refractivity contribution >= 4 is 12.0 Å². The van der Waals surface area contributed by atoms with E-state index in [1.807, 2.05) is 57.2 Å². The quantitative estimate of drug-likeness (QED) is 0.864. The number of carbonyl (C=O) groups is 2. The van der Waals surface area contributed by atoms with E-state index in [9.17, 15) is 9.59 Å². The van der Waals surface area contributed by atoms with Gasteiger partial charge in [0.2, 0.25) is 0 Å². The van der Waals surface area contributed by atoms with Gasteiger partial charge in [-0.3, -0.25) is 9.78 Å². The van der Waals surface area contributed by atoms with Gasteiger partial charge in [0.05, 0.1) is 0 Å². The third-order valence-corrected chi connectivity index (χ3v) is 4.58. The Morgan fingerprint density at radius 1 is 1.14 bits per heavy atom. The molecule has 0 radical (unpaired) electrons. The molecule has 0 spiro atoms. The molecule has 0 aliphatic carbocycles. The summed E-state index contributed by atoms with van der Waals surface area (Å²) in [6.45, 7) is 6.06. The Labute approximate surface area is 165 Å². The third kappa shape index (κ3) is 4.88. The number of ether oxygens (including phenoxy) is 1. The van der Waals surface area contributed by atoms with Crippen LogP contribution in [0.15, 0.2) is 48.8 Å². The summed E-state index contributed by atoms with van der Waals surface area (Å²) in [5.41, 5.74) is 1.75. The second kappa shape index (κ2) is 8.42. The molecule has 1 atom stereocenters. The Morgan fingerprint density at radius 2 is 1.93 bits per heavy atom. The Balaban J connectivity index is 1.83. The fraction of sp³-hybridized carbons (Fsp3) is 0.409. The van der Waals surface area contributed by atoms with Gasteiger partial charge < -0.3 is 15.0 Å². The van der Waals surface area contributed by atoms with E-state index in [-0.39, 0.29) is 12.1 Å². The SMILES string of the molecule is CC(C)(C)OC(=O)NC1CCCCN1C(=O)c1ccccc1-c1cccnc1. The summed E-state index contributed by atoms with van der Waals surface area (Å²) in [6.07, 6.45) is 5.15. The van der Waals surface area contributed by atoms with Gasteiger partial charge >= 0.3 is 6.09 Å². The van der Waals surface area contributed by atoms with Gasteiger partial charge in [0, 0.05) is 30.1 Å². The van der Waals surface area contributed by atoms with Gasteiger partial charge in [-0.05, 0) is 57.7 Å². The highest BCUT2D eigenvalue weighted by molar-refractivity contribution is 6.01. The van der Waals surface area contributed by atoms with Crippen LogP contribution in [-0.4, -0.2) is 40.2 Å². The number of rotatable bonds is 3. The first-order chi connectivity index (χ1) is 13.3. The van der Waals surface area contributed by atoms with Gasteiger partial charge in [-0.2, -0.15) is 0 Å². The zero-order valence-corrected chi connectivity index (χ0v) is 16.6. The van der Waals surface area contributed by atoms with Crippen molar-refractivity contribution in [1.82, 2.24) is 15.2 Å². The number of hydrogen-bond acceptors (Lipinski definition) is 4. The zero-order valence-electron chi connectivity index (χ0n) is 16.6. The number of aromatic nitrogens is 1. The number of nitrogens with zero attached hydrogens (tertiary/aromatic N) is 2. The van der Waals surface area contributed by atoms with E-state index in [2.05, 4.69) is 10.3 Å². The lowest BCUT2D eigenvalue weighted by atomic mass is 9.98. The fourth-order valence-electron chi connectivity index (χ4n) is 3.37. The average Bonchev–Trinajstić information content (AvgIpc) is 2.67. The van der Waals surface area contributed by atoms with Crippen LogP contribution >= 0.6 is 0 Å². The van der Waals surface area contributed by atoms with Gasteiger partial charge in [0.15, 0.2) is 0 Å². The summed E-state index contributed by atoms with van der Waals surface area (Å²) in [5, 5.41) is 2.87. The molecule has 148 valence electrons. The van der Waals surface area contributed by atoms with E-state index in [1.54, 1.807) is 17.3 Å². The Hall–Kier alpha value is -2.89. The Morgan fingerprint density at radius 3 is 2.64 bits per heavy atom. The number of piperidine rings is 1. The molecule has 6 heteroatoms. The molecule has 2 amide bonds. The van der Waals surface area contributed by atoms with E-state index in [0.717, 1.165) is 24.0 Å². The van der Waals surface area contributed by atoms with E-state index in [4.69, 9.17) is 4.74 Å². The molecule has 1 fully saturated rings. The topological polar surface area (TPSA) is 71.5 Å². The fourth-order valence-corrected chi connectivity index (χ4v) is 3.37. The minimum absolute atomic E-state index is 0.0970. The van der Waals surface area contributed by atoms with Crippen LogP contribution in [-0.2, 0) is 4.74 Å². The normalized spacial score (nSPS) is 17.1. The molecular weight excluding hydrogens is 354 g/mol. The molecular formula is C22H27N3O3. The van der Waals surface area contributed by atoms with Crippen LogP contribution in [0.3, 0.4) is 0 Å². The monoisotopic (exact) mass is 381 g/mol. The van der Waals surface area contributed by atoms with Crippen LogP contribution in [0.1, 0.15) is 50.4 Å². The van der Waals surface area contributed by atoms with Crippen LogP contribution in [0, 0.1) is 0 Å². The predicted molar refractivity (Wildman–Crippen MR) is 108 cm³/mol. The number of alkyl carbamates (subject to hydrolysis) is 1. The number of pyridine rings is 1. The number of nitrogens with one attached hydrogen (secondary N) is 1. The van der Waals surface area contributed by atoms with Crippen molar-refractivity contribution in [3.8, 4) is 11.1 Å². The smallest absolute Gasteiger partial charge is 0.409 e. The summed E-state index contributed by atoms with van der Waals surface area (Å²) in [5.74, 6) is -0.0970. The summed E-state index contributed by atoms with van der Waals surface area (Å²) in [4.78, 5) is 31.5. The van der Waals surface area contributed by atoms with Crippen LogP contribution in [0.25, 0.3) is 11.1 Å². The van der Waals surface area contributed by atoms with Crippen molar-refractivity contribution in [2.24, 2.45) is 0 Å².